The third kappa shape index (κ3) is 3.78. The molecule has 1 aromatic carbocycles. The molecule has 1 N–H and O–H groups in total. The maximum atomic E-state index is 12.8. The number of aromatic nitrogens is 1. The van der Waals surface area contributed by atoms with Gasteiger partial charge in [-0.3, -0.25) is 10.2 Å². The predicted octanol–water partition coefficient (Wildman–Crippen LogP) is 5.38. The molecule has 0 spiro atoms. The van der Waals surface area contributed by atoms with Crippen LogP contribution in [0.2, 0.25) is 0 Å². The van der Waals surface area contributed by atoms with Crippen molar-refractivity contribution < 1.29 is 4.79 Å². The Morgan fingerprint density at radius 3 is 2.48 bits per heavy atom. The summed E-state index contributed by atoms with van der Waals surface area (Å²) >= 11 is 1.38. The van der Waals surface area contributed by atoms with E-state index >= 15 is 0 Å². The number of aryl methyl sites for hydroxylation is 3. The molecule has 7 heteroatoms. The minimum absolute atomic E-state index is 0.0816. The molecule has 0 fully saturated rings. The fourth-order valence-electron chi connectivity index (χ4n) is 4.06. The van der Waals surface area contributed by atoms with Crippen LogP contribution in [0.15, 0.2) is 39.9 Å². The lowest BCUT2D eigenvalue weighted by Gasteiger charge is -2.20. The van der Waals surface area contributed by atoms with Gasteiger partial charge in [-0.2, -0.15) is 15.1 Å². The fourth-order valence-corrected chi connectivity index (χ4v) is 5.15. The molecule has 2 aromatic rings. The van der Waals surface area contributed by atoms with E-state index in [0.29, 0.717) is 11.1 Å². The van der Waals surface area contributed by atoms with E-state index in [0.717, 1.165) is 34.1 Å². The zero-order chi connectivity index (χ0) is 22.4. The number of hydrogen-bond acceptors (Lipinski definition) is 4. The fraction of sp³-hybridized carbons (Fsp3) is 0.333. The van der Waals surface area contributed by atoms with E-state index in [2.05, 4.69) is 73.5 Å². The van der Waals surface area contributed by atoms with E-state index in [4.69, 9.17) is 5.41 Å². The van der Waals surface area contributed by atoms with E-state index in [1.54, 1.807) is 6.08 Å². The van der Waals surface area contributed by atoms with Crippen LogP contribution in [-0.4, -0.2) is 31.5 Å². The number of hydrazone groups is 1. The van der Waals surface area contributed by atoms with Crippen molar-refractivity contribution in [3.8, 4) is 5.69 Å². The molecule has 0 bridgehead atoms. The van der Waals surface area contributed by atoms with Crippen LogP contribution in [0.5, 0.6) is 0 Å². The van der Waals surface area contributed by atoms with E-state index in [1.165, 1.54) is 27.9 Å². The lowest BCUT2D eigenvalue weighted by Crippen LogP contribution is -2.35. The van der Waals surface area contributed by atoms with Crippen molar-refractivity contribution >= 4 is 39.8 Å². The quantitative estimate of drug-likeness (QED) is 0.658. The molecule has 4 rings (SSSR count). The second-order valence-electron chi connectivity index (χ2n) is 8.51. The first-order valence-corrected chi connectivity index (χ1v) is 11.2. The molecular weight excluding hydrogens is 406 g/mol. The Balaban J connectivity index is 1.74. The highest BCUT2D eigenvalue weighted by atomic mass is 32.2. The summed E-state index contributed by atoms with van der Waals surface area (Å²) in [4.78, 5) is 17.0. The van der Waals surface area contributed by atoms with Crippen LogP contribution in [0.4, 0.5) is 0 Å². The molecule has 0 atom stereocenters. The van der Waals surface area contributed by atoms with Crippen molar-refractivity contribution in [2.75, 3.05) is 0 Å². The number of benzene rings is 1. The average Bonchev–Trinajstić information content (AvgIpc) is 3.19. The molecule has 6 nitrogen and oxygen atoms in total. The van der Waals surface area contributed by atoms with Gasteiger partial charge in [0.25, 0.3) is 5.91 Å². The molecule has 0 unspecified atom stereocenters. The van der Waals surface area contributed by atoms with E-state index in [1.807, 2.05) is 6.92 Å². The van der Waals surface area contributed by atoms with Crippen molar-refractivity contribution in [3.63, 3.8) is 0 Å². The number of hydrogen-bond donors (Lipinski definition) is 1. The van der Waals surface area contributed by atoms with Crippen LogP contribution < -0.4 is 0 Å². The van der Waals surface area contributed by atoms with Crippen LogP contribution in [0, 0.1) is 39.0 Å². The summed E-state index contributed by atoms with van der Waals surface area (Å²) in [6.45, 7) is 12.6. The number of thioether (sulfide) groups is 1. The topological polar surface area (TPSA) is 73.8 Å². The molecule has 0 aliphatic carbocycles. The second kappa shape index (κ2) is 7.96. The summed E-state index contributed by atoms with van der Waals surface area (Å²) in [5.74, 6) is 0.142. The number of amides is 1. The summed E-state index contributed by atoms with van der Waals surface area (Å²) < 4.78 is 2.22. The molecular formula is C24H27N5OS. The zero-order valence-corrected chi connectivity index (χ0v) is 19.6. The molecule has 2 aliphatic rings. The maximum absolute atomic E-state index is 12.8. The number of fused-ring (bicyclic) bond motifs is 1. The summed E-state index contributed by atoms with van der Waals surface area (Å²) in [5.41, 5.74) is 6.82. The Bertz CT molecular complexity index is 1180. The Morgan fingerprint density at radius 2 is 1.84 bits per heavy atom. The molecule has 0 saturated heterocycles. The van der Waals surface area contributed by atoms with E-state index < -0.39 is 0 Å². The highest BCUT2D eigenvalue weighted by Crippen LogP contribution is 2.32. The van der Waals surface area contributed by atoms with Crippen LogP contribution in [-0.2, 0) is 4.79 Å². The van der Waals surface area contributed by atoms with Gasteiger partial charge in [-0.1, -0.05) is 32.0 Å². The van der Waals surface area contributed by atoms with Crippen LogP contribution in [0.25, 0.3) is 11.8 Å². The molecule has 1 amide bonds. The number of nitrogens with zero attached hydrogens (tertiary/aromatic N) is 4. The predicted molar refractivity (Wildman–Crippen MR) is 129 cm³/mol. The maximum Gasteiger partial charge on any atom is 0.283 e. The summed E-state index contributed by atoms with van der Waals surface area (Å²) in [6, 6.07) is 8.33. The Morgan fingerprint density at radius 1 is 1.16 bits per heavy atom. The molecule has 0 saturated carbocycles. The molecule has 160 valence electrons. The first-order chi connectivity index (χ1) is 14.7. The van der Waals surface area contributed by atoms with Gasteiger partial charge < -0.3 is 4.57 Å². The van der Waals surface area contributed by atoms with Gasteiger partial charge in [-0.15, -0.1) is 0 Å². The lowest BCUT2D eigenvalue weighted by atomic mass is 10.1. The first-order valence-electron chi connectivity index (χ1n) is 10.4. The lowest BCUT2D eigenvalue weighted by molar-refractivity contribution is -0.114. The minimum Gasteiger partial charge on any atom is -0.317 e. The van der Waals surface area contributed by atoms with Crippen LogP contribution in [0.3, 0.4) is 0 Å². The smallest absolute Gasteiger partial charge is 0.283 e. The SMILES string of the molecule is Cc1cccc(C)c1-n1c(C)cc(/C=C2/C(=N)N3N=C(CC(C)C)SC3=NC2=O)c1C. The van der Waals surface area contributed by atoms with Crippen molar-refractivity contribution in [1.82, 2.24) is 9.58 Å². The van der Waals surface area contributed by atoms with Gasteiger partial charge in [0, 0.05) is 17.8 Å². The molecule has 31 heavy (non-hydrogen) atoms. The number of carbonyl (C=O) groups excluding carboxylic acids is 1. The van der Waals surface area contributed by atoms with E-state index in [9.17, 15) is 4.79 Å². The number of carbonyl (C=O) groups is 1. The number of amidine groups is 2. The first kappa shape index (κ1) is 21.3. The van der Waals surface area contributed by atoms with Crippen molar-refractivity contribution in [2.45, 2.75) is 48.0 Å². The average molecular weight is 434 g/mol. The minimum atomic E-state index is -0.387. The highest BCUT2D eigenvalue weighted by Gasteiger charge is 2.35. The van der Waals surface area contributed by atoms with Crippen molar-refractivity contribution in [1.29, 1.82) is 5.41 Å². The summed E-state index contributed by atoms with van der Waals surface area (Å²) in [6.07, 6.45) is 2.58. The Hall–Kier alpha value is -2.93. The van der Waals surface area contributed by atoms with Gasteiger partial charge in [-0.05, 0) is 74.2 Å². The summed E-state index contributed by atoms with van der Waals surface area (Å²) in [5, 5.41) is 16.0. The summed E-state index contributed by atoms with van der Waals surface area (Å²) in [7, 11) is 0. The van der Waals surface area contributed by atoms with Gasteiger partial charge in [0.15, 0.2) is 5.84 Å². The molecule has 0 radical (unpaired) electrons. The van der Waals surface area contributed by atoms with Gasteiger partial charge in [-0.25, -0.2) is 0 Å². The van der Waals surface area contributed by atoms with Gasteiger partial charge in [0.2, 0.25) is 5.17 Å². The van der Waals surface area contributed by atoms with Gasteiger partial charge >= 0.3 is 0 Å². The number of rotatable bonds is 4. The van der Waals surface area contributed by atoms with Gasteiger partial charge in [0.1, 0.15) is 5.04 Å². The van der Waals surface area contributed by atoms with E-state index in [-0.39, 0.29) is 17.3 Å². The Labute approximate surface area is 187 Å². The number of aliphatic imine (C=N–C) groups is 1. The standard InChI is InChI=1S/C24H27N5OS/c1-13(2)10-20-27-29-22(25)19(23(30)26-24(29)31-20)12-18-11-16(5)28(17(18)6)21-14(3)8-7-9-15(21)4/h7-9,11-13,25H,10H2,1-6H3/b19-12-,25-22?. The van der Waals surface area contributed by atoms with Crippen LogP contribution >= 0.6 is 11.8 Å². The second-order valence-corrected chi connectivity index (χ2v) is 9.55. The van der Waals surface area contributed by atoms with Crippen molar-refractivity contribution in [2.24, 2.45) is 16.0 Å². The third-order valence-electron chi connectivity index (χ3n) is 5.51. The van der Waals surface area contributed by atoms with Gasteiger partial charge in [0.05, 0.1) is 11.3 Å². The van der Waals surface area contributed by atoms with Crippen LogP contribution in [0.1, 0.15) is 48.3 Å². The third-order valence-corrected chi connectivity index (χ3v) is 6.44. The Kier molecular flexibility index (Phi) is 5.47. The molecule has 2 aliphatic heterocycles. The normalized spacial score (nSPS) is 17.5. The molecule has 3 heterocycles. The number of para-hydroxylation sites is 1. The monoisotopic (exact) mass is 433 g/mol. The molecule has 1 aromatic heterocycles. The number of nitrogens with one attached hydrogen (secondary N) is 1. The zero-order valence-electron chi connectivity index (χ0n) is 18.8. The largest absolute Gasteiger partial charge is 0.317 e. The highest BCUT2D eigenvalue weighted by molar-refractivity contribution is 8.26. The van der Waals surface area contributed by atoms with Crippen molar-refractivity contribution in [3.05, 3.63) is 57.9 Å².